The number of aromatic nitrogens is 2. The molecular formula is C17H21N3O2. The molecule has 5 heteroatoms. The fourth-order valence-corrected chi connectivity index (χ4v) is 2.09. The quantitative estimate of drug-likeness (QED) is 0.734. The van der Waals surface area contributed by atoms with E-state index in [0.29, 0.717) is 12.1 Å². The zero-order valence-corrected chi connectivity index (χ0v) is 12.5. The van der Waals surface area contributed by atoms with Gasteiger partial charge in [0.05, 0.1) is 17.0 Å². The molecule has 0 saturated heterocycles. The molecule has 0 bridgehead atoms. The number of carbonyl (C=O) groups is 1. The van der Waals surface area contributed by atoms with Crippen molar-refractivity contribution < 1.29 is 9.90 Å². The van der Waals surface area contributed by atoms with Crippen LogP contribution in [0.3, 0.4) is 0 Å². The third kappa shape index (κ3) is 4.93. The Bertz CT molecular complexity index is 570. The Kier molecular flexibility index (Phi) is 6.51. The molecule has 2 aromatic heterocycles. The first-order chi connectivity index (χ1) is 10.8. The highest BCUT2D eigenvalue weighted by Crippen LogP contribution is 2.13. The first-order valence-corrected chi connectivity index (χ1v) is 7.58. The number of aliphatic hydroxyl groups is 1. The van der Waals surface area contributed by atoms with Crippen molar-refractivity contribution in [2.24, 2.45) is 0 Å². The van der Waals surface area contributed by atoms with E-state index in [-0.39, 0.29) is 12.5 Å². The minimum atomic E-state index is -0.109. The molecule has 0 aliphatic heterocycles. The van der Waals surface area contributed by atoms with Crippen molar-refractivity contribution in [3.8, 4) is 11.4 Å². The normalized spacial score (nSPS) is 10.4. The Morgan fingerprint density at radius 2 is 1.82 bits per heavy atom. The Balaban J connectivity index is 1.81. The smallest absolute Gasteiger partial charge is 0.252 e. The summed E-state index contributed by atoms with van der Waals surface area (Å²) in [6, 6.07) is 9.21. The average molecular weight is 299 g/mol. The molecule has 0 aliphatic rings. The maximum absolute atomic E-state index is 12.0. The van der Waals surface area contributed by atoms with Crippen LogP contribution >= 0.6 is 0 Å². The Morgan fingerprint density at radius 3 is 2.50 bits per heavy atom. The van der Waals surface area contributed by atoms with E-state index in [1.807, 2.05) is 18.2 Å². The first-order valence-electron chi connectivity index (χ1n) is 7.58. The number of rotatable bonds is 8. The van der Waals surface area contributed by atoms with Gasteiger partial charge in [0.1, 0.15) is 0 Å². The summed E-state index contributed by atoms with van der Waals surface area (Å²) >= 11 is 0. The number of aliphatic hydroxyl groups excluding tert-OH is 1. The standard InChI is InChI=1S/C17H21N3O2/c21-12-6-2-1-4-11-19-17(22)14-8-9-16(20-13-14)15-7-3-5-10-18-15/h3,5,7-10,13,21H,1-2,4,6,11-12H2,(H,19,22). The Labute approximate surface area is 130 Å². The van der Waals surface area contributed by atoms with Crippen LogP contribution in [0.4, 0.5) is 0 Å². The number of pyridine rings is 2. The van der Waals surface area contributed by atoms with Crippen molar-refractivity contribution in [2.45, 2.75) is 25.7 Å². The molecule has 0 unspecified atom stereocenters. The summed E-state index contributed by atoms with van der Waals surface area (Å²) in [6.45, 7) is 0.882. The van der Waals surface area contributed by atoms with Crippen molar-refractivity contribution in [3.05, 3.63) is 48.3 Å². The third-order valence-corrected chi connectivity index (χ3v) is 3.32. The largest absolute Gasteiger partial charge is 0.396 e. The third-order valence-electron chi connectivity index (χ3n) is 3.32. The van der Waals surface area contributed by atoms with Crippen LogP contribution in [0.2, 0.25) is 0 Å². The lowest BCUT2D eigenvalue weighted by molar-refractivity contribution is 0.0952. The summed E-state index contributed by atoms with van der Waals surface area (Å²) in [5.74, 6) is -0.109. The minimum Gasteiger partial charge on any atom is -0.396 e. The molecule has 0 atom stereocenters. The van der Waals surface area contributed by atoms with E-state index < -0.39 is 0 Å². The van der Waals surface area contributed by atoms with Crippen LogP contribution in [0.1, 0.15) is 36.0 Å². The van der Waals surface area contributed by atoms with Crippen LogP contribution in [-0.4, -0.2) is 34.1 Å². The molecule has 5 nitrogen and oxygen atoms in total. The molecule has 0 fully saturated rings. The summed E-state index contributed by atoms with van der Waals surface area (Å²) < 4.78 is 0. The summed E-state index contributed by atoms with van der Waals surface area (Å²) in [7, 11) is 0. The average Bonchev–Trinajstić information content (AvgIpc) is 2.59. The molecule has 2 N–H and O–H groups in total. The number of amides is 1. The number of hydrogen-bond acceptors (Lipinski definition) is 4. The number of nitrogens with zero attached hydrogens (tertiary/aromatic N) is 2. The van der Waals surface area contributed by atoms with E-state index in [0.717, 1.165) is 37.1 Å². The second kappa shape index (κ2) is 8.89. The minimum absolute atomic E-state index is 0.109. The highest BCUT2D eigenvalue weighted by molar-refractivity contribution is 5.94. The van der Waals surface area contributed by atoms with Crippen LogP contribution in [0, 0.1) is 0 Å². The van der Waals surface area contributed by atoms with Gasteiger partial charge in [-0.05, 0) is 37.1 Å². The fraction of sp³-hybridized carbons (Fsp3) is 0.353. The number of hydrogen-bond donors (Lipinski definition) is 2. The Hall–Kier alpha value is -2.27. The van der Waals surface area contributed by atoms with Gasteiger partial charge >= 0.3 is 0 Å². The zero-order valence-electron chi connectivity index (χ0n) is 12.5. The van der Waals surface area contributed by atoms with Gasteiger partial charge in [-0.3, -0.25) is 14.8 Å². The SMILES string of the molecule is O=C(NCCCCCCO)c1ccc(-c2ccccn2)nc1. The van der Waals surface area contributed by atoms with Gasteiger partial charge in [-0.25, -0.2) is 0 Å². The molecule has 116 valence electrons. The van der Waals surface area contributed by atoms with Crippen molar-refractivity contribution in [2.75, 3.05) is 13.2 Å². The van der Waals surface area contributed by atoms with E-state index in [9.17, 15) is 4.79 Å². The highest BCUT2D eigenvalue weighted by Gasteiger charge is 2.06. The monoisotopic (exact) mass is 299 g/mol. The zero-order chi connectivity index (χ0) is 15.6. The summed E-state index contributed by atoms with van der Waals surface area (Å²) in [5, 5.41) is 11.6. The molecule has 2 aromatic rings. The maximum atomic E-state index is 12.0. The predicted molar refractivity (Wildman–Crippen MR) is 85.4 cm³/mol. The van der Waals surface area contributed by atoms with Crippen molar-refractivity contribution in [3.63, 3.8) is 0 Å². The molecule has 0 spiro atoms. The molecule has 0 saturated carbocycles. The molecule has 1 amide bonds. The van der Waals surface area contributed by atoms with E-state index in [1.54, 1.807) is 24.5 Å². The van der Waals surface area contributed by atoms with E-state index in [1.165, 1.54) is 0 Å². The van der Waals surface area contributed by atoms with Crippen molar-refractivity contribution >= 4 is 5.91 Å². The van der Waals surface area contributed by atoms with Gasteiger partial charge < -0.3 is 10.4 Å². The van der Waals surface area contributed by atoms with Gasteiger partial charge in [-0.2, -0.15) is 0 Å². The summed E-state index contributed by atoms with van der Waals surface area (Å²) in [4.78, 5) is 20.5. The predicted octanol–water partition coefficient (Wildman–Crippen LogP) is 2.43. The van der Waals surface area contributed by atoms with Gasteiger partial charge in [0, 0.05) is 25.5 Å². The van der Waals surface area contributed by atoms with Gasteiger partial charge in [0.15, 0.2) is 0 Å². The van der Waals surface area contributed by atoms with Crippen LogP contribution in [0.25, 0.3) is 11.4 Å². The molecule has 0 aromatic carbocycles. The second-order valence-corrected chi connectivity index (χ2v) is 5.04. The van der Waals surface area contributed by atoms with Gasteiger partial charge in [0.25, 0.3) is 5.91 Å². The van der Waals surface area contributed by atoms with E-state index in [4.69, 9.17) is 5.11 Å². The molecule has 0 radical (unpaired) electrons. The van der Waals surface area contributed by atoms with Crippen molar-refractivity contribution in [1.29, 1.82) is 0 Å². The molecule has 0 aliphatic carbocycles. The highest BCUT2D eigenvalue weighted by atomic mass is 16.2. The summed E-state index contributed by atoms with van der Waals surface area (Å²) in [5.41, 5.74) is 2.09. The number of nitrogens with one attached hydrogen (secondary N) is 1. The van der Waals surface area contributed by atoms with Crippen LogP contribution in [0.5, 0.6) is 0 Å². The van der Waals surface area contributed by atoms with Crippen LogP contribution < -0.4 is 5.32 Å². The summed E-state index contributed by atoms with van der Waals surface area (Å²) in [6.07, 6.45) is 7.04. The van der Waals surface area contributed by atoms with Crippen molar-refractivity contribution in [1.82, 2.24) is 15.3 Å². The number of carbonyl (C=O) groups excluding carboxylic acids is 1. The topological polar surface area (TPSA) is 75.1 Å². The molecule has 2 rings (SSSR count). The number of unbranched alkanes of at least 4 members (excludes halogenated alkanes) is 3. The molecule has 2 heterocycles. The van der Waals surface area contributed by atoms with E-state index in [2.05, 4.69) is 15.3 Å². The van der Waals surface area contributed by atoms with Gasteiger partial charge in [0.2, 0.25) is 0 Å². The fourth-order valence-electron chi connectivity index (χ4n) is 2.09. The second-order valence-electron chi connectivity index (χ2n) is 5.04. The maximum Gasteiger partial charge on any atom is 0.252 e. The lowest BCUT2D eigenvalue weighted by Gasteiger charge is -2.05. The Morgan fingerprint density at radius 1 is 1.00 bits per heavy atom. The van der Waals surface area contributed by atoms with Crippen LogP contribution in [0.15, 0.2) is 42.7 Å². The van der Waals surface area contributed by atoms with Gasteiger partial charge in [-0.15, -0.1) is 0 Å². The molecular weight excluding hydrogens is 278 g/mol. The van der Waals surface area contributed by atoms with E-state index >= 15 is 0 Å². The molecule has 22 heavy (non-hydrogen) atoms. The lowest BCUT2D eigenvalue weighted by atomic mass is 10.2. The van der Waals surface area contributed by atoms with Gasteiger partial charge in [-0.1, -0.05) is 18.9 Å². The van der Waals surface area contributed by atoms with Crippen LogP contribution in [-0.2, 0) is 0 Å². The lowest BCUT2D eigenvalue weighted by Crippen LogP contribution is -2.24. The first kappa shape index (κ1) is 16.1.